The van der Waals surface area contributed by atoms with Crippen molar-refractivity contribution in [3.63, 3.8) is 0 Å². The van der Waals surface area contributed by atoms with Crippen LogP contribution in [0.5, 0.6) is 0 Å². The van der Waals surface area contributed by atoms with Gasteiger partial charge in [0.05, 0.1) is 17.1 Å². The Morgan fingerprint density at radius 2 is 2.05 bits per heavy atom. The fourth-order valence-electron chi connectivity index (χ4n) is 2.38. The Morgan fingerprint density at radius 3 is 2.64 bits per heavy atom. The van der Waals surface area contributed by atoms with Gasteiger partial charge in [0.25, 0.3) is 0 Å². The smallest absolute Gasteiger partial charge is 0.369 e. The number of carbonyl (C=O) groups is 1. The summed E-state index contributed by atoms with van der Waals surface area (Å²) in [6, 6.07) is 0.885. The van der Waals surface area contributed by atoms with Crippen LogP contribution in [0.25, 0.3) is 0 Å². The summed E-state index contributed by atoms with van der Waals surface area (Å²) in [4.78, 5) is 18.5. The van der Waals surface area contributed by atoms with Crippen LogP contribution in [0.1, 0.15) is 12.0 Å². The second kappa shape index (κ2) is 6.70. The second-order valence-corrected chi connectivity index (χ2v) is 5.52. The number of nitrogens with two attached hydrogens (primary N) is 1. The Kier molecular flexibility index (Phi) is 5.12. The molecule has 1 amide bonds. The molecule has 9 heteroatoms. The first-order valence-electron chi connectivity index (χ1n) is 6.75. The van der Waals surface area contributed by atoms with Crippen molar-refractivity contribution in [1.29, 1.82) is 0 Å². The van der Waals surface area contributed by atoms with Crippen molar-refractivity contribution >= 4 is 23.3 Å². The van der Waals surface area contributed by atoms with Gasteiger partial charge in [-0.15, -0.1) is 0 Å². The number of nitrogens with zero attached hydrogens (tertiary/aromatic N) is 3. The molecule has 122 valence electrons. The third-order valence-electron chi connectivity index (χ3n) is 3.42. The zero-order valence-corrected chi connectivity index (χ0v) is 12.5. The van der Waals surface area contributed by atoms with E-state index in [0.717, 1.165) is 18.7 Å². The van der Waals surface area contributed by atoms with Gasteiger partial charge in [0.1, 0.15) is 5.82 Å². The van der Waals surface area contributed by atoms with E-state index in [4.69, 9.17) is 17.3 Å². The monoisotopic (exact) mass is 336 g/mol. The van der Waals surface area contributed by atoms with Crippen LogP contribution in [0.15, 0.2) is 12.3 Å². The standard InChI is InChI=1S/C13H16ClF3N4O/c14-10-6-9(13(15,16)17)7-19-12(10)21-3-1-2-20(4-5-21)8-11(18)22/h6-7H,1-5,8H2,(H2,18,22). The average Bonchev–Trinajstić information content (AvgIpc) is 2.62. The van der Waals surface area contributed by atoms with Crippen molar-refractivity contribution in [2.24, 2.45) is 5.73 Å². The molecule has 0 radical (unpaired) electrons. The summed E-state index contributed by atoms with van der Waals surface area (Å²) in [5.74, 6) is -0.0743. The highest BCUT2D eigenvalue weighted by Gasteiger charge is 2.32. The molecular weight excluding hydrogens is 321 g/mol. The minimum absolute atomic E-state index is 0.0295. The van der Waals surface area contributed by atoms with Crippen molar-refractivity contribution < 1.29 is 18.0 Å². The number of alkyl halides is 3. The number of carbonyl (C=O) groups excluding carboxylic acids is 1. The van der Waals surface area contributed by atoms with Gasteiger partial charge in [0.15, 0.2) is 0 Å². The van der Waals surface area contributed by atoms with Crippen molar-refractivity contribution in [2.45, 2.75) is 12.6 Å². The number of aromatic nitrogens is 1. The lowest BCUT2D eigenvalue weighted by Gasteiger charge is -2.23. The van der Waals surface area contributed by atoms with Crippen molar-refractivity contribution in [3.8, 4) is 0 Å². The molecule has 2 heterocycles. The van der Waals surface area contributed by atoms with E-state index in [-0.39, 0.29) is 11.6 Å². The molecular formula is C13H16ClF3N4O. The van der Waals surface area contributed by atoms with E-state index in [1.54, 1.807) is 0 Å². The number of anilines is 1. The number of hydrogen-bond donors (Lipinski definition) is 1. The predicted molar refractivity (Wildman–Crippen MR) is 76.7 cm³/mol. The van der Waals surface area contributed by atoms with Crippen LogP contribution in [0.4, 0.5) is 19.0 Å². The summed E-state index contributed by atoms with van der Waals surface area (Å²) < 4.78 is 37.9. The summed E-state index contributed by atoms with van der Waals surface area (Å²) in [7, 11) is 0. The number of rotatable bonds is 3. The largest absolute Gasteiger partial charge is 0.417 e. The first-order valence-corrected chi connectivity index (χ1v) is 7.13. The molecule has 2 rings (SSSR count). The van der Waals surface area contributed by atoms with Crippen molar-refractivity contribution in [3.05, 3.63) is 22.8 Å². The zero-order valence-electron chi connectivity index (χ0n) is 11.7. The second-order valence-electron chi connectivity index (χ2n) is 5.11. The molecule has 0 aliphatic carbocycles. The molecule has 0 atom stereocenters. The van der Waals surface area contributed by atoms with Gasteiger partial charge in [-0.2, -0.15) is 13.2 Å². The average molecular weight is 337 g/mol. The van der Waals surface area contributed by atoms with Crippen LogP contribution in [-0.4, -0.2) is 48.5 Å². The molecule has 0 spiro atoms. The number of amides is 1. The minimum Gasteiger partial charge on any atom is -0.369 e. The van der Waals surface area contributed by atoms with E-state index < -0.39 is 17.6 Å². The molecule has 5 nitrogen and oxygen atoms in total. The molecule has 22 heavy (non-hydrogen) atoms. The van der Waals surface area contributed by atoms with Gasteiger partial charge in [-0.05, 0) is 12.5 Å². The summed E-state index contributed by atoms with van der Waals surface area (Å²) in [5.41, 5.74) is 4.30. The number of hydrogen-bond acceptors (Lipinski definition) is 4. The van der Waals surface area contributed by atoms with Gasteiger partial charge in [0, 0.05) is 32.4 Å². The van der Waals surface area contributed by atoms with Crippen molar-refractivity contribution in [2.75, 3.05) is 37.6 Å². The Bertz CT molecular complexity index is 553. The SMILES string of the molecule is NC(=O)CN1CCCN(c2ncc(C(F)(F)F)cc2Cl)CC1. The van der Waals surface area contributed by atoms with E-state index in [2.05, 4.69) is 4.98 Å². The quantitative estimate of drug-likeness (QED) is 0.913. The van der Waals surface area contributed by atoms with Crippen LogP contribution in [-0.2, 0) is 11.0 Å². The number of pyridine rings is 1. The summed E-state index contributed by atoms with van der Waals surface area (Å²) in [5, 5.41) is -0.0295. The Balaban J connectivity index is 2.10. The molecule has 1 aliphatic heterocycles. The molecule has 0 saturated carbocycles. The number of primary amides is 1. The van der Waals surface area contributed by atoms with Crippen LogP contribution in [0.2, 0.25) is 5.02 Å². The lowest BCUT2D eigenvalue weighted by Crippen LogP contribution is -2.36. The lowest BCUT2D eigenvalue weighted by molar-refractivity contribution is -0.137. The topological polar surface area (TPSA) is 62.5 Å². The van der Waals surface area contributed by atoms with E-state index in [9.17, 15) is 18.0 Å². The summed E-state index contributed by atoms with van der Waals surface area (Å²) in [6.45, 7) is 2.56. The minimum atomic E-state index is -4.47. The van der Waals surface area contributed by atoms with E-state index in [0.29, 0.717) is 32.0 Å². The van der Waals surface area contributed by atoms with Gasteiger partial charge >= 0.3 is 6.18 Å². The van der Waals surface area contributed by atoms with Gasteiger partial charge < -0.3 is 10.6 Å². The Labute approximate surface area is 130 Å². The summed E-state index contributed by atoms with van der Waals surface area (Å²) >= 11 is 5.95. The van der Waals surface area contributed by atoms with Crippen LogP contribution < -0.4 is 10.6 Å². The highest BCUT2D eigenvalue weighted by Crippen LogP contribution is 2.33. The van der Waals surface area contributed by atoms with Crippen LogP contribution in [0.3, 0.4) is 0 Å². The lowest BCUT2D eigenvalue weighted by atomic mass is 10.2. The molecule has 0 unspecified atom stereocenters. The normalized spacial score (nSPS) is 17.4. The zero-order chi connectivity index (χ0) is 16.3. The fraction of sp³-hybridized carbons (Fsp3) is 0.538. The first-order chi connectivity index (χ1) is 10.3. The third-order valence-corrected chi connectivity index (χ3v) is 3.69. The molecule has 1 aromatic heterocycles. The Morgan fingerprint density at radius 1 is 1.32 bits per heavy atom. The maximum Gasteiger partial charge on any atom is 0.417 e. The molecule has 1 fully saturated rings. The summed E-state index contributed by atoms with van der Waals surface area (Å²) in [6.07, 6.45) is -2.94. The Hall–Kier alpha value is -1.54. The molecule has 0 aromatic carbocycles. The molecule has 2 N–H and O–H groups in total. The van der Waals surface area contributed by atoms with Gasteiger partial charge in [-0.1, -0.05) is 11.6 Å². The van der Waals surface area contributed by atoms with Crippen molar-refractivity contribution in [1.82, 2.24) is 9.88 Å². The van der Waals surface area contributed by atoms with Gasteiger partial charge in [-0.3, -0.25) is 9.69 Å². The van der Waals surface area contributed by atoms with E-state index in [1.165, 1.54) is 0 Å². The van der Waals surface area contributed by atoms with Crippen LogP contribution >= 0.6 is 11.6 Å². The van der Waals surface area contributed by atoms with E-state index >= 15 is 0 Å². The maximum absolute atomic E-state index is 12.6. The fourth-order valence-corrected chi connectivity index (χ4v) is 2.67. The highest BCUT2D eigenvalue weighted by molar-refractivity contribution is 6.33. The van der Waals surface area contributed by atoms with Gasteiger partial charge in [0.2, 0.25) is 5.91 Å². The van der Waals surface area contributed by atoms with Gasteiger partial charge in [-0.25, -0.2) is 4.98 Å². The molecule has 1 aliphatic rings. The first kappa shape index (κ1) is 16.8. The van der Waals surface area contributed by atoms with E-state index in [1.807, 2.05) is 9.80 Å². The maximum atomic E-state index is 12.6. The molecule has 0 bridgehead atoms. The molecule has 1 aromatic rings. The molecule has 1 saturated heterocycles. The number of halogens is 4. The predicted octanol–water partition coefficient (Wildman–Crippen LogP) is 1.75. The highest BCUT2D eigenvalue weighted by atomic mass is 35.5. The van der Waals surface area contributed by atoms with Crippen LogP contribution in [0, 0.1) is 0 Å². The third kappa shape index (κ3) is 4.23.